The average Bonchev–Trinajstić information content (AvgIpc) is 2.43. The molecule has 0 unspecified atom stereocenters. The van der Waals surface area contributed by atoms with Crippen molar-refractivity contribution < 1.29 is 0 Å². The van der Waals surface area contributed by atoms with Crippen molar-refractivity contribution in [1.82, 2.24) is 4.90 Å². The molecule has 0 aliphatic carbocycles. The molecule has 1 heteroatoms. The Morgan fingerprint density at radius 3 is 2.28 bits per heavy atom. The van der Waals surface area contributed by atoms with Gasteiger partial charge < -0.3 is 0 Å². The highest BCUT2D eigenvalue weighted by molar-refractivity contribution is 5.14. The van der Waals surface area contributed by atoms with Crippen molar-refractivity contribution in [2.45, 2.75) is 52.5 Å². The van der Waals surface area contributed by atoms with Crippen LogP contribution in [0.2, 0.25) is 0 Å². The van der Waals surface area contributed by atoms with Crippen LogP contribution in [0.5, 0.6) is 0 Å². The molecule has 18 heavy (non-hydrogen) atoms. The van der Waals surface area contributed by atoms with Gasteiger partial charge in [0.05, 0.1) is 0 Å². The Morgan fingerprint density at radius 2 is 1.72 bits per heavy atom. The zero-order valence-corrected chi connectivity index (χ0v) is 12.0. The Bertz CT molecular complexity index is 336. The van der Waals surface area contributed by atoms with E-state index in [1.807, 2.05) is 0 Å². The summed E-state index contributed by atoms with van der Waals surface area (Å²) in [6, 6.07) is 10.9. The molecule has 2 rings (SSSR count). The number of benzene rings is 1. The summed E-state index contributed by atoms with van der Waals surface area (Å²) in [6.45, 7) is 8.40. The van der Waals surface area contributed by atoms with E-state index in [0.29, 0.717) is 5.41 Å². The van der Waals surface area contributed by atoms with Crippen molar-refractivity contribution in [1.29, 1.82) is 0 Å². The Labute approximate surface area is 112 Å². The summed E-state index contributed by atoms with van der Waals surface area (Å²) in [5.74, 6) is 0. The van der Waals surface area contributed by atoms with Gasteiger partial charge in [0, 0.05) is 6.54 Å². The first-order chi connectivity index (χ1) is 8.78. The normalized spacial score (nSPS) is 19.9. The largest absolute Gasteiger partial charge is 0.299 e. The van der Waals surface area contributed by atoms with Crippen LogP contribution >= 0.6 is 0 Å². The summed E-state index contributed by atoms with van der Waals surface area (Å²) in [5.41, 5.74) is 2.11. The Morgan fingerprint density at radius 1 is 1.06 bits per heavy atom. The van der Waals surface area contributed by atoms with Gasteiger partial charge in [-0.25, -0.2) is 0 Å². The lowest BCUT2D eigenvalue weighted by atomic mass is 9.73. The van der Waals surface area contributed by atoms with Crippen LogP contribution in [0.1, 0.15) is 51.5 Å². The second-order valence-electron chi connectivity index (χ2n) is 5.87. The van der Waals surface area contributed by atoms with Gasteiger partial charge >= 0.3 is 0 Å². The molecular weight excluding hydrogens is 218 g/mol. The van der Waals surface area contributed by atoms with E-state index in [2.05, 4.69) is 49.1 Å². The Balaban J connectivity index is 1.86. The molecule has 1 aromatic carbocycles. The molecule has 0 saturated carbocycles. The maximum Gasteiger partial charge on any atom is 0.0233 e. The molecule has 1 nitrogen and oxygen atoms in total. The lowest BCUT2D eigenvalue weighted by Gasteiger charge is -2.41. The zero-order chi connectivity index (χ0) is 12.8. The SMILES string of the molecule is CCCC1(CC)CCN(Cc2ccccc2)CC1. The number of hydrogen-bond acceptors (Lipinski definition) is 1. The predicted molar refractivity (Wildman–Crippen MR) is 78.6 cm³/mol. The predicted octanol–water partition coefficient (Wildman–Crippen LogP) is 4.48. The monoisotopic (exact) mass is 245 g/mol. The molecule has 0 radical (unpaired) electrons. The summed E-state index contributed by atoms with van der Waals surface area (Å²) in [7, 11) is 0. The van der Waals surface area contributed by atoms with Gasteiger partial charge in [0.25, 0.3) is 0 Å². The Kier molecular flexibility index (Phi) is 4.82. The van der Waals surface area contributed by atoms with E-state index in [9.17, 15) is 0 Å². The molecule has 1 aliphatic rings. The van der Waals surface area contributed by atoms with Crippen molar-refractivity contribution in [3.05, 3.63) is 35.9 Å². The van der Waals surface area contributed by atoms with Crippen molar-refractivity contribution in [2.75, 3.05) is 13.1 Å². The first-order valence-corrected chi connectivity index (χ1v) is 7.54. The number of nitrogens with zero attached hydrogens (tertiary/aromatic N) is 1. The smallest absolute Gasteiger partial charge is 0.0233 e. The minimum absolute atomic E-state index is 0.655. The number of hydrogen-bond donors (Lipinski definition) is 0. The van der Waals surface area contributed by atoms with Gasteiger partial charge in [-0.05, 0) is 43.3 Å². The third-order valence-corrected chi connectivity index (χ3v) is 4.70. The maximum atomic E-state index is 2.62. The van der Waals surface area contributed by atoms with E-state index in [1.165, 1.54) is 50.8 Å². The lowest BCUT2D eigenvalue weighted by Crippen LogP contribution is -2.39. The van der Waals surface area contributed by atoms with Crippen LogP contribution in [0, 0.1) is 5.41 Å². The van der Waals surface area contributed by atoms with E-state index in [1.54, 1.807) is 0 Å². The van der Waals surface area contributed by atoms with Crippen molar-refractivity contribution >= 4 is 0 Å². The number of rotatable bonds is 5. The third-order valence-electron chi connectivity index (χ3n) is 4.70. The number of likely N-dealkylation sites (tertiary alicyclic amines) is 1. The van der Waals surface area contributed by atoms with Gasteiger partial charge in [0.2, 0.25) is 0 Å². The van der Waals surface area contributed by atoms with E-state index >= 15 is 0 Å². The topological polar surface area (TPSA) is 3.24 Å². The third kappa shape index (κ3) is 3.35. The van der Waals surface area contributed by atoms with Crippen molar-refractivity contribution in [3.63, 3.8) is 0 Å². The molecule has 100 valence electrons. The summed E-state index contributed by atoms with van der Waals surface area (Å²) < 4.78 is 0. The molecular formula is C17H27N. The molecule has 0 spiro atoms. The van der Waals surface area contributed by atoms with Gasteiger partial charge in [0.1, 0.15) is 0 Å². The van der Waals surface area contributed by atoms with Crippen LogP contribution in [0.4, 0.5) is 0 Å². The molecule has 1 heterocycles. The van der Waals surface area contributed by atoms with Crippen LogP contribution < -0.4 is 0 Å². The van der Waals surface area contributed by atoms with Crippen LogP contribution in [0.25, 0.3) is 0 Å². The van der Waals surface area contributed by atoms with Gasteiger partial charge in [-0.2, -0.15) is 0 Å². The van der Waals surface area contributed by atoms with Gasteiger partial charge in [-0.1, -0.05) is 57.0 Å². The second kappa shape index (κ2) is 6.38. The molecule has 0 atom stereocenters. The fourth-order valence-corrected chi connectivity index (χ4v) is 3.34. The fraction of sp³-hybridized carbons (Fsp3) is 0.647. The van der Waals surface area contributed by atoms with Gasteiger partial charge in [-0.3, -0.25) is 4.90 Å². The molecule has 1 aromatic rings. The zero-order valence-electron chi connectivity index (χ0n) is 12.0. The highest BCUT2D eigenvalue weighted by atomic mass is 15.1. The maximum absolute atomic E-state index is 2.62. The molecule has 0 bridgehead atoms. The summed E-state index contributed by atoms with van der Waals surface area (Å²) in [5, 5.41) is 0. The summed E-state index contributed by atoms with van der Waals surface area (Å²) in [4.78, 5) is 2.62. The highest BCUT2D eigenvalue weighted by Crippen LogP contribution is 2.39. The Hall–Kier alpha value is -0.820. The molecule has 1 saturated heterocycles. The average molecular weight is 245 g/mol. The quantitative estimate of drug-likeness (QED) is 0.739. The summed E-state index contributed by atoms with van der Waals surface area (Å²) >= 11 is 0. The van der Waals surface area contributed by atoms with Crippen LogP contribution in [-0.4, -0.2) is 18.0 Å². The highest BCUT2D eigenvalue weighted by Gasteiger charge is 2.31. The minimum Gasteiger partial charge on any atom is -0.299 e. The molecule has 0 amide bonds. The first kappa shape index (κ1) is 13.6. The van der Waals surface area contributed by atoms with E-state index in [-0.39, 0.29) is 0 Å². The molecule has 1 fully saturated rings. The van der Waals surface area contributed by atoms with Gasteiger partial charge in [0.15, 0.2) is 0 Å². The minimum atomic E-state index is 0.655. The van der Waals surface area contributed by atoms with Crippen LogP contribution in [-0.2, 0) is 6.54 Å². The first-order valence-electron chi connectivity index (χ1n) is 7.54. The lowest BCUT2D eigenvalue weighted by molar-refractivity contribution is 0.0859. The van der Waals surface area contributed by atoms with Crippen molar-refractivity contribution in [2.24, 2.45) is 5.41 Å². The van der Waals surface area contributed by atoms with Gasteiger partial charge in [-0.15, -0.1) is 0 Å². The van der Waals surface area contributed by atoms with Crippen LogP contribution in [0.15, 0.2) is 30.3 Å². The van der Waals surface area contributed by atoms with Crippen molar-refractivity contribution in [3.8, 4) is 0 Å². The van der Waals surface area contributed by atoms with E-state index < -0.39 is 0 Å². The second-order valence-corrected chi connectivity index (χ2v) is 5.87. The van der Waals surface area contributed by atoms with Crippen LogP contribution in [0.3, 0.4) is 0 Å². The number of piperidine rings is 1. The summed E-state index contributed by atoms with van der Waals surface area (Å²) in [6.07, 6.45) is 6.91. The molecule has 0 aromatic heterocycles. The fourth-order valence-electron chi connectivity index (χ4n) is 3.34. The molecule has 0 N–H and O–H groups in total. The standard InChI is InChI=1S/C17H27N/c1-3-10-17(4-2)11-13-18(14-12-17)15-16-8-6-5-7-9-16/h5-9H,3-4,10-15H2,1-2H3. The molecule has 1 aliphatic heterocycles. The van der Waals surface area contributed by atoms with E-state index in [4.69, 9.17) is 0 Å². The van der Waals surface area contributed by atoms with E-state index in [0.717, 1.165) is 6.54 Å².